The van der Waals surface area contributed by atoms with Gasteiger partial charge in [0, 0.05) is 5.54 Å². The number of halogens is 1. The first kappa shape index (κ1) is 13.3. The maximum absolute atomic E-state index is 9.83. The van der Waals surface area contributed by atoms with Gasteiger partial charge >= 0.3 is 0 Å². The van der Waals surface area contributed by atoms with Crippen LogP contribution in [-0.4, -0.2) is 10.6 Å². The van der Waals surface area contributed by atoms with Gasteiger partial charge in [-0.2, -0.15) is 0 Å². The molecule has 1 rings (SSSR count). The Balaban J connectivity index is 3.40. The van der Waals surface area contributed by atoms with Crippen molar-refractivity contribution in [2.45, 2.75) is 46.6 Å². The Kier molecular flexibility index (Phi) is 3.56. The smallest absolute Gasteiger partial charge is 0.137 e. The second-order valence-corrected chi connectivity index (χ2v) is 5.56. The third kappa shape index (κ3) is 2.50. The molecule has 0 radical (unpaired) electrons. The Labute approximate surface area is 102 Å². The van der Waals surface area contributed by atoms with Crippen LogP contribution in [0.1, 0.15) is 36.1 Å². The SMILES string of the molecule is Cc1c(C)c(CC(C)(C)N)c(C)c(Cl)c1O. The van der Waals surface area contributed by atoms with Crippen molar-refractivity contribution in [1.82, 2.24) is 0 Å². The molecule has 0 amide bonds. The van der Waals surface area contributed by atoms with Crippen LogP contribution in [0, 0.1) is 20.8 Å². The molecule has 0 unspecified atom stereocenters. The Morgan fingerprint density at radius 1 is 1.12 bits per heavy atom. The first-order chi connectivity index (χ1) is 7.15. The average Bonchev–Trinajstić information content (AvgIpc) is 2.17. The van der Waals surface area contributed by atoms with E-state index in [9.17, 15) is 5.11 Å². The summed E-state index contributed by atoms with van der Waals surface area (Å²) in [5.74, 6) is 0.190. The van der Waals surface area contributed by atoms with E-state index in [-0.39, 0.29) is 11.3 Å². The summed E-state index contributed by atoms with van der Waals surface area (Å²) < 4.78 is 0. The molecule has 16 heavy (non-hydrogen) atoms. The van der Waals surface area contributed by atoms with Crippen LogP contribution in [0.3, 0.4) is 0 Å². The van der Waals surface area contributed by atoms with E-state index in [0.717, 1.165) is 28.7 Å². The zero-order chi connectivity index (χ0) is 12.7. The molecule has 0 fully saturated rings. The standard InChI is InChI=1S/C13H20ClNO/c1-7-8(2)12(16)11(14)9(3)10(7)6-13(4,5)15/h16H,6,15H2,1-5H3. The molecule has 0 aliphatic heterocycles. The summed E-state index contributed by atoms with van der Waals surface area (Å²) in [6, 6.07) is 0. The highest BCUT2D eigenvalue weighted by molar-refractivity contribution is 6.33. The van der Waals surface area contributed by atoms with Crippen molar-refractivity contribution in [3.63, 3.8) is 0 Å². The molecule has 0 bridgehead atoms. The predicted octanol–water partition coefficient (Wildman–Crippen LogP) is 3.25. The van der Waals surface area contributed by atoms with E-state index in [0.29, 0.717) is 5.02 Å². The van der Waals surface area contributed by atoms with Gasteiger partial charge in [-0.1, -0.05) is 11.6 Å². The van der Waals surface area contributed by atoms with Crippen LogP contribution in [0.25, 0.3) is 0 Å². The summed E-state index contributed by atoms with van der Waals surface area (Å²) in [5.41, 5.74) is 9.76. The average molecular weight is 242 g/mol. The Bertz CT molecular complexity index is 390. The van der Waals surface area contributed by atoms with Gasteiger partial charge in [-0.15, -0.1) is 0 Å². The number of aromatic hydroxyl groups is 1. The van der Waals surface area contributed by atoms with Crippen LogP contribution >= 0.6 is 11.6 Å². The van der Waals surface area contributed by atoms with Crippen LogP contribution in [0.4, 0.5) is 0 Å². The molecule has 0 saturated heterocycles. The molecule has 0 aliphatic carbocycles. The first-order valence-corrected chi connectivity index (χ1v) is 5.79. The quantitative estimate of drug-likeness (QED) is 0.835. The second kappa shape index (κ2) is 4.27. The second-order valence-electron chi connectivity index (χ2n) is 5.18. The van der Waals surface area contributed by atoms with Crippen molar-refractivity contribution in [3.05, 3.63) is 27.3 Å². The van der Waals surface area contributed by atoms with Gasteiger partial charge in [-0.05, 0) is 63.3 Å². The predicted molar refractivity (Wildman–Crippen MR) is 69.3 cm³/mol. The van der Waals surface area contributed by atoms with Gasteiger partial charge in [0.1, 0.15) is 5.75 Å². The Morgan fingerprint density at radius 3 is 2.06 bits per heavy atom. The topological polar surface area (TPSA) is 46.2 Å². The number of rotatable bonds is 2. The van der Waals surface area contributed by atoms with Gasteiger partial charge < -0.3 is 10.8 Å². The van der Waals surface area contributed by atoms with E-state index >= 15 is 0 Å². The molecule has 0 saturated carbocycles. The summed E-state index contributed by atoms with van der Waals surface area (Å²) in [6.45, 7) is 9.78. The summed E-state index contributed by atoms with van der Waals surface area (Å²) >= 11 is 6.10. The molecule has 1 aromatic rings. The molecule has 90 valence electrons. The first-order valence-electron chi connectivity index (χ1n) is 5.41. The van der Waals surface area contributed by atoms with Crippen molar-refractivity contribution in [1.29, 1.82) is 0 Å². The molecule has 3 heteroatoms. The highest BCUT2D eigenvalue weighted by atomic mass is 35.5. The molecular weight excluding hydrogens is 222 g/mol. The van der Waals surface area contributed by atoms with E-state index in [1.165, 1.54) is 0 Å². The summed E-state index contributed by atoms with van der Waals surface area (Å²) in [6.07, 6.45) is 0.755. The van der Waals surface area contributed by atoms with Gasteiger partial charge in [0.2, 0.25) is 0 Å². The van der Waals surface area contributed by atoms with Gasteiger partial charge in [0.15, 0.2) is 0 Å². The molecule has 0 aliphatic rings. The highest BCUT2D eigenvalue weighted by Gasteiger charge is 2.20. The number of hydrogen-bond donors (Lipinski definition) is 2. The van der Waals surface area contributed by atoms with Gasteiger partial charge in [0.05, 0.1) is 5.02 Å². The van der Waals surface area contributed by atoms with Gasteiger partial charge in [-0.25, -0.2) is 0 Å². The van der Waals surface area contributed by atoms with E-state index < -0.39 is 0 Å². The van der Waals surface area contributed by atoms with Crippen LogP contribution in [0.15, 0.2) is 0 Å². The molecule has 0 atom stereocenters. The number of nitrogens with two attached hydrogens (primary N) is 1. The third-order valence-electron chi connectivity index (χ3n) is 2.99. The van der Waals surface area contributed by atoms with E-state index in [2.05, 4.69) is 0 Å². The van der Waals surface area contributed by atoms with E-state index in [1.807, 2.05) is 34.6 Å². The van der Waals surface area contributed by atoms with Crippen molar-refractivity contribution in [2.24, 2.45) is 5.73 Å². The van der Waals surface area contributed by atoms with E-state index in [4.69, 9.17) is 17.3 Å². The minimum atomic E-state index is -0.276. The fourth-order valence-corrected chi connectivity index (χ4v) is 2.14. The van der Waals surface area contributed by atoms with Crippen molar-refractivity contribution >= 4 is 11.6 Å². The summed E-state index contributed by atoms with van der Waals surface area (Å²) in [5, 5.41) is 10.3. The van der Waals surface area contributed by atoms with Gasteiger partial charge in [0.25, 0.3) is 0 Å². The van der Waals surface area contributed by atoms with Crippen LogP contribution in [0.5, 0.6) is 5.75 Å². The Morgan fingerprint density at radius 2 is 1.62 bits per heavy atom. The number of hydrogen-bond acceptors (Lipinski definition) is 2. The molecule has 1 aromatic carbocycles. The fourth-order valence-electron chi connectivity index (χ4n) is 1.88. The highest BCUT2D eigenvalue weighted by Crippen LogP contribution is 2.36. The lowest BCUT2D eigenvalue weighted by atomic mass is 9.88. The fraction of sp³-hybridized carbons (Fsp3) is 0.538. The van der Waals surface area contributed by atoms with Crippen LogP contribution in [-0.2, 0) is 6.42 Å². The number of phenols is 1. The Hall–Kier alpha value is -0.730. The molecule has 2 nitrogen and oxygen atoms in total. The lowest BCUT2D eigenvalue weighted by Crippen LogP contribution is -2.35. The largest absolute Gasteiger partial charge is 0.506 e. The number of phenolic OH excluding ortho intramolecular Hbond substituents is 1. The minimum absolute atomic E-state index is 0.190. The minimum Gasteiger partial charge on any atom is -0.506 e. The zero-order valence-electron chi connectivity index (χ0n) is 10.6. The molecule has 3 N–H and O–H groups in total. The lowest BCUT2D eigenvalue weighted by molar-refractivity contribution is 0.468. The van der Waals surface area contributed by atoms with Crippen molar-refractivity contribution in [2.75, 3.05) is 0 Å². The monoisotopic (exact) mass is 241 g/mol. The van der Waals surface area contributed by atoms with Crippen LogP contribution in [0.2, 0.25) is 5.02 Å². The molecular formula is C13H20ClNO. The maximum atomic E-state index is 9.83. The van der Waals surface area contributed by atoms with Gasteiger partial charge in [-0.3, -0.25) is 0 Å². The summed E-state index contributed by atoms with van der Waals surface area (Å²) in [7, 11) is 0. The summed E-state index contributed by atoms with van der Waals surface area (Å²) in [4.78, 5) is 0. The van der Waals surface area contributed by atoms with Crippen LogP contribution < -0.4 is 5.73 Å². The normalized spacial score (nSPS) is 11.9. The lowest BCUT2D eigenvalue weighted by Gasteiger charge is -2.23. The number of benzene rings is 1. The molecule has 0 spiro atoms. The molecule has 0 heterocycles. The van der Waals surface area contributed by atoms with E-state index in [1.54, 1.807) is 0 Å². The molecule has 0 aromatic heterocycles. The third-order valence-corrected chi connectivity index (χ3v) is 3.46. The van der Waals surface area contributed by atoms with Crippen molar-refractivity contribution < 1.29 is 5.11 Å². The van der Waals surface area contributed by atoms with Crippen molar-refractivity contribution in [3.8, 4) is 5.75 Å². The zero-order valence-corrected chi connectivity index (χ0v) is 11.4. The maximum Gasteiger partial charge on any atom is 0.137 e.